The molecule has 0 bridgehead atoms. The molecular weight excluding hydrogens is 452 g/mol. The Balaban J connectivity index is 1.66. The van der Waals surface area contributed by atoms with Crippen molar-refractivity contribution < 1.29 is 24.1 Å². The van der Waals surface area contributed by atoms with Gasteiger partial charge in [0.15, 0.2) is 17.6 Å². The van der Waals surface area contributed by atoms with Crippen molar-refractivity contribution in [2.45, 2.75) is 51.1 Å². The summed E-state index contributed by atoms with van der Waals surface area (Å²) in [5.41, 5.74) is -1.01. The lowest BCUT2D eigenvalue weighted by Crippen LogP contribution is -2.53. The summed E-state index contributed by atoms with van der Waals surface area (Å²) >= 11 is 0. The lowest BCUT2D eigenvalue weighted by molar-refractivity contribution is -0.174. The van der Waals surface area contributed by atoms with Crippen LogP contribution >= 0.6 is 0 Å². The molecule has 0 spiro atoms. The molecule has 1 aliphatic heterocycles. The first-order valence-electron chi connectivity index (χ1n) is 11.3. The van der Waals surface area contributed by atoms with Crippen molar-refractivity contribution in [1.82, 2.24) is 9.55 Å². The zero-order valence-electron chi connectivity index (χ0n) is 19.5. The average Bonchev–Trinajstić information content (AvgIpc) is 3.13. The summed E-state index contributed by atoms with van der Waals surface area (Å²) in [5, 5.41) is 11.3. The monoisotopic (exact) mass is 480 g/mol. The highest BCUT2D eigenvalue weighted by molar-refractivity contribution is 5.86. The van der Waals surface area contributed by atoms with Crippen molar-refractivity contribution in [2.75, 3.05) is 6.61 Å². The molecule has 35 heavy (non-hydrogen) atoms. The first-order chi connectivity index (χ1) is 16.8. The molecule has 2 aromatic carbocycles. The maximum absolute atomic E-state index is 13.0. The number of aliphatic hydroxyl groups is 1. The van der Waals surface area contributed by atoms with Crippen LogP contribution < -0.4 is 11.2 Å². The number of rotatable bonds is 9. The van der Waals surface area contributed by atoms with Crippen molar-refractivity contribution in [3.8, 4) is 0 Å². The van der Waals surface area contributed by atoms with Gasteiger partial charge in [0.1, 0.15) is 12.2 Å². The zero-order chi connectivity index (χ0) is 25.0. The van der Waals surface area contributed by atoms with Crippen LogP contribution in [0.2, 0.25) is 0 Å². The summed E-state index contributed by atoms with van der Waals surface area (Å²) in [7, 11) is 0. The predicted octanol–water partition coefficient (Wildman–Crippen LogP) is 1.86. The van der Waals surface area contributed by atoms with Gasteiger partial charge in [-0.3, -0.25) is 19.1 Å². The van der Waals surface area contributed by atoms with Crippen LogP contribution in [0.25, 0.3) is 0 Å². The van der Waals surface area contributed by atoms with E-state index in [2.05, 4.69) is 4.98 Å². The number of H-pyrrole nitrogens is 1. The molecule has 0 saturated carbocycles. The molecule has 0 amide bonds. The fourth-order valence-electron chi connectivity index (χ4n) is 4.16. The van der Waals surface area contributed by atoms with Crippen LogP contribution in [0.5, 0.6) is 0 Å². The highest BCUT2D eigenvalue weighted by Crippen LogP contribution is 2.40. The lowest BCUT2D eigenvalue weighted by Gasteiger charge is -2.32. The minimum absolute atomic E-state index is 0.103. The van der Waals surface area contributed by atoms with Gasteiger partial charge in [-0.25, -0.2) is 4.79 Å². The number of nitrogens with zero attached hydrogens (tertiary/aromatic N) is 1. The van der Waals surface area contributed by atoms with Crippen molar-refractivity contribution in [3.05, 3.63) is 104 Å². The van der Waals surface area contributed by atoms with Crippen molar-refractivity contribution in [2.24, 2.45) is 0 Å². The van der Waals surface area contributed by atoms with E-state index in [0.29, 0.717) is 0 Å². The molecule has 1 saturated heterocycles. The van der Waals surface area contributed by atoms with Gasteiger partial charge in [-0.1, -0.05) is 60.7 Å². The summed E-state index contributed by atoms with van der Waals surface area (Å²) < 4.78 is 19.1. The number of Topliss-reactive ketones (excluding diaryl/α,β-unsaturated/α-hetero) is 1. The van der Waals surface area contributed by atoms with E-state index in [0.717, 1.165) is 15.7 Å². The highest BCUT2D eigenvalue weighted by atomic mass is 16.6. The summed E-state index contributed by atoms with van der Waals surface area (Å²) in [6.45, 7) is 2.97. The number of aromatic amines is 1. The van der Waals surface area contributed by atoms with Crippen molar-refractivity contribution >= 4 is 5.78 Å². The van der Waals surface area contributed by atoms with Gasteiger partial charge in [0.25, 0.3) is 5.56 Å². The number of nitrogens with one attached hydrogen (secondary N) is 1. The second-order valence-electron chi connectivity index (χ2n) is 8.62. The molecular formula is C26H28N2O7. The minimum Gasteiger partial charge on any atom is -0.386 e. The molecule has 1 fully saturated rings. The Hall–Kier alpha value is -3.37. The number of aliphatic hydroxyl groups excluding tert-OH is 1. The van der Waals surface area contributed by atoms with E-state index >= 15 is 0 Å². The molecule has 1 aromatic heterocycles. The maximum atomic E-state index is 13.0. The van der Waals surface area contributed by atoms with Crippen LogP contribution in [0.3, 0.4) is 0 Å². The molecule has 3 aromatic rings. The number of hydrogen-bond donors (Lipinski definition) is 2. The van der Waals surface area contributed by atoms with Crippen LogP contribution in [0.15, 0.2) is 76.4 Å². The minimum atomic E-state index is -1.68. The van der Waals surface area contributed by atoms with E-state index < -0.39 is 41.1 Å². The van der Waals surface area contributed by atoms with Gasteiger partial charge in [-0.05, 0) is 25.0 Å². The fraction of sp³-hybridized carbons (Fsp3) is 0.346. The van der Waals surface area contributed by atoms with Crippen LogP contribution in [-0.4, -0.2) is 44.9 Å². The van der Waals surface area contributed by atoms with E-state index in [1.165, 1.54) is 20.0 Å². The Morgan fingerprint density at radius 3 is 2.26 bits per heavy atom. The number of ether oxygens (including phenoxy) is 3. The largest absolute Gasteiger partial charge is 0.386 e. The third-order valence-electron chi connectivity index (χ3n) is 6.11. The van der Waals surface area contributed by atoms with Crippen LogP contribution in [0.4, 0.5) is 0 Å². The Morgan fingerprint density at radius 2 is 1.66 bits per heavy atom. The molecule has 4 rings (SSSR count). The van der Waals surface area contributed by atoms with Crippen molar-refractivity contribution in [1.29, 1.82) is 0 Å². The second kappa shape index (κ2) is 10.5. The summed E-state index contributed by atoms with van der Waals surface area (Å²) in [4.78, 5) is 39.6. The summed E-state index contributed by atoms with van der Waals surface area (Å²) in [5.74, 6) is -0.417. The Kier molecular flexibility index (Phi) is 7.42. The van der Waals surface area contributed by atoms with Gasteiger partial charge in [0.2, 0.25) is 0 Å². The van der Waals surface area contributed by atoms with Gasteiger partial charge in [0.05, 0.1) is 19.8 Å². The number of aryl methyl sites for hydroxylation is 1. The number of benzene rings is 2. The Bertz CT molecular complexity index is 1270. The van der Waals surface area contributed by atoms with E-state index in [4.69, 9.17) is 14.2 Å². The van der Waals surface area contributed by atoms with Gasteiger partial charge < -0.3 is 19.3 Å². The normalized spacial score (nSPS) is 23.9. The fourth-order valence-corrected chi connectivity index (χ4v) is 4.16. The third kappa shape index (κ3) is 5.18. The number of carbonyl (C=O) groups excluding carboxylic acids is 1. The molecule has 2 N–H and O–H groups in total. The molecule has 1 aliphatic rings. The molecule has 9 heteroatoms. The lowest BCUT2D eigenvalue weighted by atomic mass is 9.91. The molecule has 9 nitrogen and oxygen atoms in total. The standard InChI is InChI=1S/C26H28N2O7/c1-17-13-28(25(32)27-23(17)31)24-21(30)22(34-15-20-11-7-4-8-12-20)26(35-24,18(2)29)16-33-14-19-9-5-3-6-10-19/h3-13,21-22,24,30H,14-16H2,1-2H3,(H,27,31,32)/t21-,22+,24-,26+/m1/s1. The van der Waals surface area contributed by atoms with Gasteiger partial charge >= 0.3 is 5.69 Å². The van der Waals surface area contributed by atoms with Crippen molar-refractivity contribution in [3.63, 3.8) is 0 Å². The third-order valence-corrected chi connectivity index (χ3v) is 6.11. The first kappa shape index (κ1) is 24.7. The Labute approximate surface area is 201 Å². The Morgan fingerprint density at radius 1 is 1.06 bits per heavy atom. The van der Waals surface area contributed by atoms with E-state index in [1.54, 1.807) is 0 Å². The van der Waals surface area contributed by atoms with E-state index in [9.17, 15) is 19.5 Å². The zero-order valence-corrected chi connectivity index (χ0v) is 19.5. The molecule has 2 heterocycles. The SMILES string of the molecule is CC(=O)[C@]1(COCc2ccccc2)O[C@@H](n2cc(C)c(=O)[nH]c2=O)[C@H](O)[C@@H]1OCc1ccccc1. The number of carbonyl (C=O) groups is 1. The average molecular weight is 481 g/mol. The highest BCUT2D eigenvalue weighted by Gasteiger charge is 2.59. The summed E-state index contributed by atoms with van der Waals surface area (Å²) in [6, 6.07) is 18.7. The van der Waals surface area contributed by atoms with Gasteiger partial charge in [0, 0.05) is 11.8 Å². The van der Waals surface area contributed by atoms with Crippen LogP contribution in [-0.2, 0) is 32.2 Å². The van der Waals surface area contributed by atoms with E-state index in [1.807, 2.05) is 60.7 Å². The smallest absolute Gasteiger partial charge is 0.330 e. The maximum Gasteiger partial charge on any atom is 0.330 e. The van der Waals surface area contributed by atoms with Gasteiger partial charge in [-0.2, -0.15) is 0 Å². The summed E-state index contributed by atoms with van der Waals surface area (Å²) in [6.07, 6.45) is -2.52. The quantitative estimate of drug-likeness (QED) is 0.480. The molecule has 0 aliphatic carbocycles. The second-order valence-corrected chi connectivity index (χ2v) is 8.62. The van der Waals surface area contributed by atoms with Crippen LogP contribution in [0.1, 0.15) is 29.8 Å². The predicted molar refractivity (Wildman–Crippen MR) is 127 cm³/mol. The van der Waals surface area contributed by atoms with Gasteiger partial charge in [-0.15, -0.1) is 0 Å². The molecule has 4 atom stereocenters. The number of ketones is 1. The number of hydrogen-bond acceptors (Lipinski definition) is 7. The molecule has 0 unspecified atom stereocenters. The van der Waals surface area contributed by atoms with Crippen LogP contribution in [0, 0.1) is 6.92 Å². The molecule has 0 radical (unpaired) electrons. The van der Waals surface area contributed by atoms with E-state index in [-0.39, 0.29) is 25.4 Å². The number of aromatic nitrogens is 2. The molecule has 184 valence electrons. The first-order valence-corrected chi connectivity index (χ1v) is 11.3. The topological polar surface area (TPSA) is 120 Å².